The Balaban J connectivity index is 0.00000241. The van der Waals surface area contributed by atoms with Crippen molar-refractivity contribution in [3.8, 4) is 22.5 Å². The Kier molecular flexibility index (Phi) is 19.8. The Morgan fingerprint density at radius 1 is 1.04 bits per heavy atom. The van der Waals surface area contributed by atoms with Gasteiger partial charge in [-0.3, -0.25) is 29.3 Å². The molecule has 4 atom stereocenters. The van der Waals surface area contributed by atoms with Crippen LogP contribution in [-0.4, -0.2) is 149 Å². The average molecular weight is 1090 g/mol. The van der Waals surface area contributed by atoms with Gasteiger partial charge in [-0.2, -0.15) is 54.0 Å². The molecule has 4 amide bonds. The molecule has 0 unspecified atom stereocenters. The number of urea groups is 1. The van der Waals surface area contributed by atoms with Crippen LogP contribution >= 0.6 is 65.3 Å². The molecule has 7 heterocycles. The number of pyridine rings is 1. The van der Waals surface area contributed by atoms with Crippen LogP contribution in [-0.2, 0) is 48.0 Å². The molecule has 1 aromatic carbocycles. The molecule has 4 aromatic rings. The van der Waals surface area contributed by atoms with Crippen LogP contribution in [0.1, 0.15) is 89.6 Å². The van der Waals surface area contributed by atoms with Crippen molar-refractivity contribution in [3.05, 3.63) is 58.2 Å². The predicted molar refractivity (Wildman–Crippen MR) is 302 cm³/mol. The van der Waals surface area contributed by atoms with Crippen molar-refractivity contribution >= 4 is 100 Å². The molecule has 72 heavy (non-hydrogen) atoms. The third-order valence-corrected chi connectivity index (χ3v) is 16.1. The van der Waals surface area contributed by atoms with Crippen LogP contribution in [0, 0.1) is 16.7 Å². The van der Waals surface area contributed by atoms with Gasteiger partial charge in [-0.1, -0.05) is 33.8 Å². The quantitative estimate of drug-likeness (QED) is 0.166. The normalized spacial score (nSPS) is 21.6. The van der Waals surface area contributed by atoms with E-state index < -0.39 is 35.4 Å². The third-order valence-electron chi connectivity index (χ3n) is 15.2. The number of cyclic esters (lactones) is 1. The maximum absolute atomic E-state index is 14.7. The molecule has 9 rings (SSSR count). The maximum Gasteiger partial charge on any atom is 0.324 e. The Bertz CT molecular complexity index is 2560. The van der Waals surface area contributed by atoms with Gasteiger partial charge in [0, 0.05) is 97.2 Å². The summed E-state index contributed by atoms with van der Waals surface area (Å²) in [6.45, 7) is 16.3. The summed E-state index contributed by atoms with van der Waals surface area (Å²) in [4.78, 5) is 73.0. The number of hydrazine groups is 1. The van der Waals surface area contributed by atoms with Crippen LogP contribution in [0.15, 0.2) is 41.9 Å². The summed E-state index contributed by atoms with van der Waals surface area (Å²) in [6, 6.07) is 8.63. The zero-order valence-electron chi connectivity index (χ0n) is 43.2. The number of likely N-dealkylation sites (N-methyl/N-ethyl adjacent to an activating group) is 2. The molecule has 1 saturated carbocycles. The fourth-order valence-corrected chi connectivity index (χ4v) is 12.1. The first-order chi connectivity index (χ1) is 32.5. The second-order valence-electron chi connectivity index (χ2n) is 21.1. The Hall–Kier alpha value is -3.54. The zero-order chi connectivity index (χ0) is 48.2. The summed E-state index contributed by atoms with van der Waals surface area (Å²) < 4.78 is 19.7. The summed E-state index contributed by atoms with van der Waals surface area (Å²) in [5, 5.41) is 8.28. The highest BCUT2D eigenvalue weighted by molar-refractivity contribution is 7.59. The molecular formula is C51H77N9O7S5. The second-order valence-corrected chi connectivity index (χ2v) is 22.1. The molecule has 2 N–H and O–H groups in total. The van der Waals surface area contributed by atoms with Gasteiger partial charge in [-0.05, 0) is 88.7 Å². The fraction of sp³-hybridized carbons (Fsp3) is 0.608. The first kappa shape index (κ1) is 59.3. The Morgan fingerprint density at radius 3 is 2.42 bits per heavy atom. The van der Waals surface area contributed by atoms with Crippen molar-refractivity contribution in [2.24, 2.45) is 16.7 Å². The summed E-state index contributed by atoms with van der Waals surface area (Å²) >= 11 is 1.44. The molecule has 398 valence electrons. The van der Waals surface area contributed by atoms with Crippen molar-refractivity contribution in [3.63, 3.8) is 0 Å². The number of rotatable bonds is 10. The van der Waals surface area contributed by atoms with E-state index in [1.54, 1.807) is 20.4 Å². The van der Waals surface area contributed by atoms with Crippen LogP contribution in [0.25, 0.3) is 33.4 Å². The maximum atomic E-state index is 14.7. The number of ether oxygens (including phenoxy) is 3. The minimum absolute atomic E-state index is 0. The molecule has 16 nitrogen and oxygen atoms in total. The van der Waals surface area contributed by atoms with E-state index in [2.05, 4.69) is 72.3 Å². The number of hydrogen-bond acceptors (Lipinski definition) is 12. The summed E-state index contributed by atoms with van der Waals surface area (Å²) in [6.07, 6.45) is 5.41. The van der Waals surface area contributed by atoms with Crippen molar-refractivity contribution in [1.82, 2.24) is 45.0 Å². The van der Waals surface area contributed by atoms with E-state index >= 15 is 0 Å². The number of aryl methyl sites for hydroxylation is 1. The number of nitrogens with zero attached hydrogens (tertiary/aromatic N) is 7. The van der Waals surface area contributed by atoms with Gasteiger partial charge in [0.25, 0.3) is 5.91 Å². The lowest BCUT2D eigenvalue weighted by molar-refractivity contribution is -0.155. The topological polar surface area (TPSA) is 164 Å². The van der Waals surface area contributed by atoms with E-state index in [0.29, 0.717) is 62.5 Å². The van der Waals surface area contributed by atoms with E-state index in [9.17, 15) is 19.2 Å². The molecule has 3 saturated heterocycles. The molecule has 6 bridgehead atoms. The molecule has 4 aliphatic heterocycles. The second kappa shape index (κ2) is 24.0. The smallest absolute Gasteiger partial charge is 0.324 e. The first-order valence-corrected chi connectivity index (χ1v) is 25.3. The number of carbonyl (C=O) groups excluding carboxylic acids is 4. The molecular weight excluding hydrogens is 1010 g/mol. The Morgan fingerprint density at radius 2 is 1.76 bits per heavy atom. The number of esters is 1. The number of nitrogens with one attached hydrogen (secondary N) is 2. The van der Waals surface area contributed by atoms with Gasteiger partial charge in [-0.15, -0.1) is 11.3 Å². The average Bonchev–Trinajstić information content (AvgIpc) is 3.87. The van der Waals surface area contributed by atoms with Gasteiger partial charge in [0.15, 0.2) is 0 Å². The lowest BCUT2D eigenvalue weighted by Gasteiger charge is -2.62. The molecule has 4 fully saturated rings. The highest BCUT2D eigenvalue weighted by Gasteiger charge is 2.56. The molecule has 1 spiro atoms. The van der Waals surface area contributed by atoms with Crippen LogP contribution in [0.5, 0.6) is 0 Å². The highest BCUT2D eigenvalue weighted by atomic mass is 32.1. The van der Waals surface area contributed by atoms with Gasteiger partial charge in [0.1, 0.15) is 18.1 Å². The van der Waals surface area contributed by atoms with Crippen molar-refractivity contribution in [2.45, 2.75) is 123 Å². The lowest BCUT2D eigenvalue weighted by Crippen LogP contribution is -2.70. The standard InChI is InChI=1S/C51H69N9O7S.4H2S/c1-10-59-41-16-15-32-19-36(41)37(45(59)35-13-11-17-52-43(35)31(4)65-9)23-50(5,6)29-67-48(63)38-14-12-18-60(55-38)47(62)39(20-42-53-40(32)26-68-42)54-46(61)44(30(2)3)57(8)49(64)58-27-51(28-58)21-33(22-51)56(7)34-24-66-25-34;;;;/h11,13,15-17,19,26,30-31,33-34,38-39,44,55H,10,12,14,18,20-25,27-29H2,1-9H3,(H,54,61);4*1H2/t31-,38-,39-,44-;;;;/m0..../s1. The number of aromatic nitrogens is 3. The van der Waals surface area contributed by atoms with Crippen LogP contribution in [0.2, 0.25) is 0 Å². The van der Waals surface area contributed by atoms with Crippen molar-refractivity contribution < 1.29 is 33.4 Å². The molecule has 21 heteroatoms. The third kappa shape index (κ3) is 11.6. The van der Waals surface area contributed by atoms with E-state index in [-0.39, 0.29) is 96.4 Å². The van der Waals surface area contributed by atoms with Gasteiger partial charge in [0.2, 0.25) is 5.91 Å². The van der Waals surface area contributed by atoms with Gasteiger partial charge < -0.3 is 33.9 Å². The monoisotopic (exact) mass is 1090 g/mol. The summed E-state index contributed by atoms with van der Waals surface area (Å²) in [5.41, 5.74) is 9.55. The van der Waals surface area contributed by atoms with E-state index in [1.807, 2.05) is 37.1 Å². The number of carbonyl (C=O) groups is 4. The number of hydrogen-bond donors (Lipinski definition) is 2. The number of amides is 4. The predicted octanol–water partition coefficient (Wildman–Crippen LogP) is 6.53. The van der Waals surface area contributed by atoms with Crippen LogP contribution in [0.3, 0.4) is 0 Å². The van der Waals surface area contributed by atoms with Gasteiger partial charge in [-0.25, -0.2) is 15.2 Å². The van der Waals surface area contributed by atoms with Gasteiger partial charge in [0.05, 0.1) is 54.1 Å². The number of fused-ring (bicyclic) bond motifs is 6. The lowest BCUT2D eigenvalue weighted by atomic mass is 9.60. The van der Waals surface area contributed by atoms with E-state index in [0.717, 1.165) is 70.7 Å². The summed E-state index contributed by atoms with van der Waals surface area (Å²) in [5.74, 6) is -1.49. The fourth-order valence-electron chi connectivity index (χ4n) is 11.2. The van der Waals surface area contributed by atoms with E-state index in [4.69, 9.17) is 24.2 Å². The molecule has 3 aromatic heterocycles. The highest BCUT2D eigenvalue weighted by Crippen LogP contribution is 2.51. The Labute approximate surface area is 456 Å². The van der Waals surface area contributed by atoms with E-state index in [1.165, 1.54) is 21.2 Å². The minimum Gasteiger partial charge on any atom is -0.464 e. The van der Waals surface area contributed by atoms with Crippen molar-refractivity contribution in [1.29, 1.82) is 0 Å². The largest absolute Gasteiger partial charge is 0.464 e. The number of likely N-dealkylation sites (tertiary alicyclic amines) is 1. The molecule has 5 aliphatic rings. The summed E-state index contributed by atoms with van der Waals surface area (Å²) in [7, 11) is 5.55. The molecule has 0 radical (unpaired) electrons. The SMILES string of the molecule is CCn1c(-c2cccnc2[C@H](C)OC)c2c3cc(ccc31)-c1csc(n1)C[C@H](NC(=O)[C@H](C(C)C)N(C)C(=O)N1CC3(CC(N(C)C4COC4)C3)C1)C(=O)N1CCC[C@H](N1)C(=O)OCC(C)(C)C2.S.S.S.S. The number of thiazole rings is 1. The first-order valence-electron chi connectivity index (χ1n) is 24.4. The number of methoxy groups -OCH3 is 1. The van der Waals surface area contributed by atoms with Crippen LogP contribution in [0.4, 0.5) is 4.79 Å². The van der Waals surface area contributed by atoms with Gasteiger partial charge >= 0.3 is 12.0 Å². The van der Waals surface area contributed by atoms with Crippen molar-refractivity contribution in [2.75, 3.05) is 60.7 Å². The zero-order valence-corrected chi connectivity index (χ0v) is 48.0. The molecule has 1 aliphatic carbocycles. The van der Waals surface area contributed by atoms with Crippen LogP contribution < -0.4 is 10.7 Å². The number of benzene rings is 1. The minimum atomic E-state index is -1.04.